The summed E-state index contributed by atoms with van der Waals surface area (Å²) in [6.07, 6.45) is 2.92. The number of rotatable bonds is 5. The summed E-state index contributed by atoms with van der Waals surface area (Å²) in [5, 5.41) is 16.7. The van der Waals surface area contributed by atoms with E-state index in [2.05, 4.69) is 21.2 Å². The van der Waals surface area contributed by atoms with E-state index < -0.39 is 0 Å². The van der Waals surface area contributed by atoms with Crippen LogP contribution in [-0.4, -0.2) is 37.8 Å². The minimum absolute atomic E-state index is 0.0623. The Kier molecular flexibility index (Phi) is 6.34. The molecule has 4 N–H and O–H groups in total. The number of anilines is 1. The van der Waals surface area contributed by atoms with Crippen LogP contribution in [0.1, 0.15) is 30.9 Å². The first-order valence-corrected chi connectivity index (χ1v) is 8.12. The lowest BCUT2D eigenvalue weighted by Gasteiger charge is -2.33. The SMILES string of the molecule is CCOC(=O)C1CCN(c2ccc(C=NN=C(N)N)cc2C#N)CC1. The third-order valence-electron chi connectivity index (χ3n) is 3.98. The van der Waals surface area contributed by atoms with Gasteiger partial charge in [-0.05, 0) is 37.5 Å². The largest absolute Gasteiger partial charge is 0.466 e. The molecule has 0 aliphatic carbocycles. The van der Waals surface area contributed by atoms with Crippen molar-refractivity contribution in [3.63, 3.8) is 0 Å². The van der Waals surface area contributed by atoms with Crippen LogP contribution < -0.4 is 16.4 Å². The van der Waals surface area contributed by atoms with Gasteiger partial charge in [-0.25, -0.2) is 0 Å². The van der Waals surface area contributed by atoms with Crippen molar-refractivity contribution in [1.29, 1.82) is 5.26 Å². The maximum absolute atomic E-state index is 11.8. The van der Waals surface area contributed by atoms with Gasteiger partial charge >= 0.3 is 5.97 Å². The highest BCUT2D eigenvalue weighted by Crippen LogP contribution is 2.27. The number of nitrogens with zero attached hydrogens (tertiary/aromatic N) is 4. The van der Waals surface area contributed by atoms with Crippen molar-refractivity contribution >= 4 is 23.8 Å². The monoisotopic (exact) mass is 342 g/mol. The van der Waals surface area contributed by atoms with E-state index in [1.165, 1.54) is 6.21 Å². The third-order valence-corrected chi connectivity index (χ3v) is 3.98. The van der Waals surface area contributed by atoms with Gasteiger partial charge in [0.05, 0.1) is 30.0 Å². The Morgan fingerprint density at radius 1 is 1.44 bits per heavy atom. The molecule has 0 radical (unpaired) electrons. The van der Waals surface area contributed by atoms with Crippen molar-refractivity contribution in [3.05, 3.63) is 29.3 Å². The molecular formula is C17H22N6O2. The standard InChI is InChI=1S/C17H22N6O2/c1-2-25-16(24)13-5-7-23(8-6-13)15-4-3-12(9-14(15)10-18)11-21-22-17(19)20/h3-4,9,11,13H,2,5-8H2,1H3,(H4,19,20,22). The fourth-order valence-electron chi connectivity index (χ4n) is 2.78. The van der Waals surface area contributed by atoms with Gasteiger partial charge in [-0.3, -0.25) is 4.79 Å². The molecule has 1 fully saturated rings. The van der Waals surface area contributed by atoms with E-state index >= 15 is 0 Å². The summed E-state index contributed by atoms with van der Waals surface area (Å²) in [5.41, 5.74) is 12.5. The summed E-state index contributed by atoms with van der Waals surface area (Å²) in [4.78, 5) is 13.9. The van der Waals surface area contributed by atoms with E-state index in [1.54, 1.807) is 6.07 Å². The zero-order chi connectivity index (χ0) is 18.2. The number of carbonyl (C=O) groups excluding carboxylic acids is 1. The molecule has 1 heterocycles. The van der Waals surface area contributed by atoms with Crippen LogP contribution in [0.15, 0.2) is 28.4 Å². The van der Waals surface area contributed by atoms with Crippen LogP contribution >= 0.6 is 0 Å². The van der Waals surface area contributed by atoms with Crippen LogP contribution in [0.4, 0.5) is 5.69 Å². The van der Waals surface area contributed by atoms with Gasteiger partial charge in [-0.2, -0.15) is 10.4 Å². The third kappa shape index (κ3) is 4.94. The van der Waals surface area contributed by atoms with Crippen LogP contribution in [-0.2, 0) is 9.53 Å². The van der Waals surface area contributed by atoms with Gasteiger partial charge in [0.2, 0.25) is 5.96 Å². The fourth-order valence-corrected chi connectivity index (χ4v) is 2.78. The summed E-state index contributed by atoms with van der Waals surface area (Å²) >= 11 is 0. The number of guanidine groups is 1. The molecule has 1 saturated heterocycles. The molecule has 1 aliphatic rings. The summed E-state index contributed by atoms with van der Waals surface area (Å²) in [7, 11) is 0. The summed E-state index contributed by atoms with van der Waals surface area (Å²) in [6.45, 7) is 3.63. The predicted molar refractivity (Wildman–Crippen MR) is 96.1 cm³/mol. The van der Waals surface area contributed by atoms with Crippen LogP contribution in [0.25, 0.3) is 0 Å². The molecule has 0 amide bonds. The summed E-state index contributed by atoms with van der Waals surface area (Å²) in [5.74, 6) is -0.320. The average molecular weight is 342 g/mol. The second kappa shape index (κ2) is 8.68. The molecule has 1 aromatic carbocycles. The highest BCUT2D eigenvalue weighted by molar-refractivity contribution is 5.83. The molecular weight excluding hydrogens is 320 g/mol. The predicted octanol–water partition coefficient (Wildman–Crippen LogP) is 0.945. The second-order valence-corrected chi connectivity index (χ2v) is 5.67. The van der Waals surface area contributed by atoms with E-state index in [9.17, 15) is 10.1 Å². The van der Waals surface area contributed by atoms with Crippen LogP contribution in [0, 0.1) is 17.2 Å². The number of esters is 1. The molecule has 0 spiro atoms. The Bertz CT molecular complexity index is 710. The number of hydrogen-bond acceptors (Lipinski definition) is 6. The number of carbonyl (C=O) groups is 1. The molecule has 1 aliphatic heterocycles. The Morgan fingerprint density at radius 3 is 2.76 bits per heavy atom. The lowest BCUT2D eigenvalue weighted by Crippen LogP contribution is -2.37. The quantitative estimate of drug-likeness (QED) is 0.354. The zero-order valence-electron chi connectivity index (χ0n) is 14.2. The van der Waals surface area contributed by atoms with E-state index in [4.69, 9.17) is 16.2 Å². The molecule has 0 unspecified atom stereocenters. The molecule has 1 aromatic rings. The van der Waals surface area contributed by atoms with Gasteiger partial charge in [-0.1, -0.05) is 6.07 Å². The number of benzene rings is 1. The minimum atomic E-state index is -0.131. The van der Waals surface area contributed by atoms with E-state index in [1.807, 2.05) is 19.1 Å². The smallest absolute Gasteiger partial charge is 0.309 e. The molecule has 25 heavy (non-hydrogen) atoms. The lowest BCUT2D eigenvalue weighted by molar-refractivity contribution is -0.148. The van der Waals surface area contributed by atoms with Crippen LogP contribution in [0.3, 0.4) is 0 Å². The maximum atomic E-state index is 11.8. The van der Waals surface area contributed by atoms with Crippen molar-refractivity contribution in [2.45, 2.75) is 19.8 Å². The molecule has 0 saturated carbocycles. The Morgan fingerprint density at radius 2 is 2.16 bits per heavy atom. The van der Waals surface area contributed by atoms with Gasteiger partial charge in [0.15, 0.2) is 0 Å². The Balaban J connectivity index is 2.08. The van der Waals surface area contributed by atoms with E-state index in [0.717, 1.165) is 24.1 Å². The van der Waals surface area contributed by atoms with Crippen LogP contribution in [0.5, 0.6) is 0 Å². The molecule has 132 valence electrons. The first kappa shape index (κ1) is 18.3. The maximum Gasteiger partial charge on any atom is 0.309 e. The van der Waals surface area contributed by atoms with Crippen molar-refractivity contribution < 1.29 is 9.53 Å². The molecule has 0 atom stereocenters. The number of nitriles is 1. The molecule has 0 bridgehead atoms. The topological polar surface area (TPSA) is 130 Å². The highest BCUT2D eigenvalue weighted by atomic mass is 16.5. The van der Waals surface area contributed by atoms with Gasteiger partial charge < -0.3 is 21.1 Å². The summed E-state index contributed by atoms with van der Waals surface area (Å²) < 4.78 is 5.08. The molecule has 0 aromatic heterocycles. The van der Waals surface area contributed by atoms with Gasteiger partial charge in [-0.15, -0.1) is 5.10 Å². The Labute approximate surface area is 146 Å². The first-order chi connectivity index (χ1) is 12.0. The fraction of sp³-hybridized carbons (Fsp3) is 0.412. The number of piperidine rings is 1. The summed E-state index contributed by atoms with van der Waals surface area (Å²) in [6, 6.07) is 7.66. The van der Waals surface area contributed by atoms with E-state index in [-0.39, 0.29) is 17.8 Å². The van der Waals surface area contributed by atoms with Crippen LogP contribution in [0.2, 0.25) is 0 Å². The molecule has 8 heteroatoms. The molecule has 2 rings (SSSR count). The van der Waals surface area contributed by atoms with Gasteiger partial charge in [0.25, 0.3) is 0 Å². The minimum Gasteiger partial charge on any atom is -0.466 e. The van der Waals surface area contributed by atoms with Gasteiger partial charge in [0, 0.05) is 13.1 Å². The lowest BCUT2D eigenvalue weighted by atomic mass is 9.96. The zero-order valence-corrected chi connectivity index (χ0v) is 14.2. The highest BCUT2D eigenvalue weighted by Gasteiger charge is 2.26. The van der Waals surface area contributed by atoms with E-state index in [0.29, 0.717) is 25.3 Å². The van der Waals surface area contributed by atoms with Gasteiger partial charge in [0.1, 0.15) is 6.07 Å². The first-order valence-electron chi connectivity index (χ1n) is 8.12. The van der Waals surface area contributed by atoms with Crippen molar-refractivity contribution in [2.24, 2.45) is 27.6 Å². The number of hydrogen-bond donors (Lipinski definition) is 2. The van der Waals surface area contributed by atoms with Crippen molar-refractivity contribution in [1.82, 2.24) is 0 Å². The van der Waals surface area contributed by atoms with Crippen molar-refractivity contribution in [3.8, 4) is 6.07 Å². The average Bonchev–Trinajstić information content (AvgIpc) is 2.61. The second-order valence-electron chi connectivity index (χ2n) is 5.67. The normalized spacial score (nSPS) is 15.0. The number of ether oxygens (including phenoxy) is 1. The Hall–Kier alpha value is -3.08. The number of nitrogens with two attached hydrogens (primary N) is 2. The molecule has 8 nitrogen and oxygen atoms in total. The van der Waals surface area contributed by atoms with Crippen molar-refractivity contribution in [2.75, 3.05) is 24.6 Å².